The smallest absolute Gasteiger partial charge is 0.164 e. The van der Waals surface area contributed by atoms with Crippen LogP contribution in [0.1, 0.15) is 6.42 Å². The zero-order chi connectivity index (χ0) is 10.1. The monoisotopic (exact) mass is 209 g/mol. The van der Waals surface area contributed by atoms with Gasteiger partial charge in [-0.3, -0.25) is 10.3 Å². The Balaban J connectivity index is 3.56. The molecule has 0 bridgehead atoms. The average Bonchev–Trinajstić information content (AvgIpc) is 2.10. The predicted molar refractivity (Wildman–Crippen MR) is 52.9 cm³/mol. The van der Waals surface area contributed by atoms with E-state index in [-0.39, 0.29) is 18.7 Å². The largest absolute Gasteiger partial charge is 0.367 e. The van der Waals surface area contributed by atoms with Crippen molar-refractivity contribution in [3.8, 4) is 0 Å². The number of alkyl halides is 1. The van der Waals surface area contributed by atoms with Gasteiger partial charge < -0.3 is 15.5 Å². The fourth-order valence-corrected chi connectivity index (χ4v) is 0.877. The van der Waals surface area contributed by atoms with Crippen molar-refractivity contribution in [2.45, 2.75) is 18.9 Å². The lowest BCUT2D eigenvalue weighted by Gasteiger charge is -2.16. The van der Waals surface area contributed by atoms with Crippen molar-refractivity contribution in [3.05, 3.63) is 0 Å². The highest BCUT2D eigenvalue weighted by molar-refractivity contribution is 6.18. The summed E-state index contributed by atoms with van der Waals surface area (Å²) in [5, 5.41) is 23.0. The first kappa shape index (κ1) is 12.8. The van der Waals surface area contributed by atoms with E-state index in [2.05, 4.69) is 15.6 Å². The van der Waals surface area contributed by atoms with E-state index in [1.165, 1.54) is 0 Å². The maximum Gasteiger partial charge on any atom is 0.164 e. The van der Waals surface area contributed by atoms with E-state index in [1.807, 2.05) is 0 Å². The maximum atomic E-state index is 8.58. The van der Waals surface area contributed by atoms with Crippen LogP contribution in [-0.4, -0.2) is 48.5 Å². The molecular formula is C7H16ClN3O2. The van der Waals surface area contributed by atoms with Crippen LogP contribution in [0.4, 0.5) is 0 Å². The van der Waals surface area contributed by atoms with Gasteiger partial charge in [-0.2, -0.15) is 0 Å². The molecule has 13 heavy (non-hydrogen) atoms. The van der Waals surface area contributed by atoms with Crippen molar-refractivity contribution in [1.29, 1.82) is 0 Å². The molecule has 0 spiro atoms. The minimum Gasteiger partial charge on any atom is -0.367 e. The summed E-state index contributed by atoms with van der Waals surface area (Å²) in [6.45, 7) is 0.125. The summed E-state index contributed by atoms with van der Waals surface area (Å²) in [5.41, 5.74) is 0. The summed E-state index contributed by atoms with van der Waals surface area (Å²) < 4.78 is 0. The van der Waals surface area contributed by atoms with Crippen LogP contribution in [0, 0.1) is 0 Å². The van der Waals surface area contributed by atoms with Crippen LogP contribution in [0.5, 0.6) is 0 Å². The Kier molecular flexibility index (Phi) is 8.27. The number of hydrogen-bond acceptors (Lipinski definition) is 5. The Morgan fingerprint density at radius 2 is 2.23 bits per heavy atom. The first-order valence-electron chi connectivity index (χ1n) is 4.01. The highest BCUT2D eigenvalue weighted by Crippen LogP contribution is 1.85. The molecule has 0 aromatic rings. The molecule has 0 saturated heterocycles. The van der Waals surface area contributed by atoms with Crippen molar-refractivity contribution < 1.29 is 10.2 Å². The molecule has 4 N–H and O–H groups in total. The zero-order valence-electron chi connectivity index (χ0n) is 7.57. The maximum absolute atomic E-state index is 8.58. The lowest BCUT2D eigenvalue weighted by atomic mass is 10.3. The number of aliphatic hydroxyl groups excluding tert-OH is 1. The molecule has 1 atom stereocenters. The highest BCUT2D eigenvalue weighted by atomic mass is 35.5. The summed E-state index contributed by atoms with van der Waals surface area (Å²) in [6, 6.07) is 0.249. The standard InChI is InChI=1S/C7H16ClN3O2/c1-9-6(2-3-10-5-8)11-4-7(12)13/h3,6-7,9,11-13H,2,4-5H2,1H3. The van der Waals surface area contributed by atoms with Gasteiger partial charge in [0.1, 0.15) is 6.00 Å². The Labute approximate surface area is 82.8 Å². The van der Waals surface area contributed by atoms with Gasteiger partial charge in [-0.15, -0.1) is 11.6 Å². The van der Waals surface area contributed by atoms with Crippen molar-refractivity contribution in [3.63, 3.8) is 0 Å². The number of halogens is 1. The normalized spacial score (nSPS) is 14.2. The van der Waals surface area contributed by atoms with Gasteiger partial charge in [-0.05, 0) is 7.05 Å². The molecule has 0 fully saturated rings. The molecule has 0 heterocycles. The summed E-state index contributed by atoms with van der Waals surface area (Å²) in [4.78, 5) is 3.82. The number of nitrogens with zero attached hydrogens (tertiary/aromatic N) is 1. The van der Waals surface area contributed by atoms with Crippen molar-refractivity contribution >= 4 is 17.8 Å². The fraction of sp³-hybridized carbons (Fsp3) is 0.857. The highest BCUT2D eigenvalue weighted by Gasteiger charge is 2.04. The van der Waals surface area contributed by atoms with Crippen LogP contribution in [0.3, 0.4) is 0 Å². The quantitative estimate of drug-likeness (QED) is 0.190. The van der Waals surface area contributed by atoms with Gasteiger partial charge in [-0.25, -0.2) is 0 Å². The molecular weight excluding hydrogens is 194 g/mol. The predicted octanol–water partition coefficient (Wildman–Crippen LogP) is -0.911. The average molecular weight is 210 g/mol. The molecule has 5 nitrogen and oxygen atoms in total. The van der Waals surface area contributed by atoms with Crippen LogP contribution >= 0.6 is 11.6 Å². The van der Waals surface area contributed by atoms with E-state index in [4.69, 9.17) is 21.8 Å². The van der Waals surface area contributed by atoms with Gasteiger partial charge in [0.05, 0.1) is 6.17 Å². The second kappa shape index (κ2) is 8.40. The van der Waals surface area contributed by atoms with E-state index in [0.29, 0.717) is 6.42 Å². The van der Waals surface area contributed by atoms with Gasteiger partial charge in [0.2, 0.25) is 0 Å². The molecule has 0 aliphatic carbocycles. The van der Waals surface area contributed by atoms with Gasteiger partial charge in [0, 0.05) is 19.2 Å². The third kappa shape index (κ3) is 8.14. The van der Waals surface area contributed by atoms with E-state index >= 15 is 0 Å². The van der Waals surface area contributed by atoms with Gasteiger partial charge >= 0.3 is 0 Å². The van der Waals surface area contributed by atoms with Crippen LogP contribution < -0.4 is 10.6 Å². The second-order valence-electron chi connectivity index (χ2n) is 2.45. The first-order valence-corrected chi connectivity index (χ1v) is 4.55. The van der Waals surface area contributed by atoms with Gasteiger partial charge in [-0.1, -0.05) is 0 Å². The Hall–Kier alpha value is -0.200. The minimum absolute atomic E-state index is 0.0197. The number of aliphatic hydroxyl groups is 2. The van der Waals surface area contributed by atoms with Crippen LogP contribution in [0.25, 0.3) is 0 Å². The number of aliphatic imine (C=N–C) groups is 1. The van der Waals surface area contributed by atoms with Crippen LogP contribution in [-0.2, 0) is 0 Å². The van der Waals surface area contributed by atoms with Crippen LogP contribution in [0.2, 0.25) is 0 Å². The van der Waals surface area contributed by atoms with E-state index in [9.17, 15) is 0 Å². The Morgan fingerprint density at radius 3 is 2.69 bits per heavy atom. The molecule has 0 radical (unpaired) electrons. The van der Waals surface area contributed by atoms with Gasteiger partial charge in [0.25, 0.3) is 0 Å². The third-order valence-electron chi connectivity index (χ3n) is 1.43. The fourth-order valence-electron chi connectivity index (χ4n) is 0.780. The summed E-state index contributed by atoms with van der Waals surface area (Å²) in [7, 11) is 1.77. The zero-order valence-corrected chi connectivity index (χ0v) is 8.33. The van der Waals surface area contributed by atoms with E-state index < -0.39 is 6.29 Å². The molecule has 1 unspecified atom stereocenters. The number of nitrogens with one attached hydrogen (secondary N) is 2. The van der Waals surface area contributed by atoms with Gasteiger partial charge in [0.15, 0.2) is 6.29 Å². The molecule has 0 amide bonds. The topological polar surface area (TPSA) is 76.9 Å². The minimum atomic E-state index is -1.33. The molecule has 0 aromatic carbocycles. The molecule has 0 aliphatic heterocycles. The molecule has 0 saturated carbocycles. The molecule has 78 valence electrons. The SMILES string of the molecule is CNC(CC=NCCl)NCC(O)O. The van der Waals surface area contributed by atoms with Crippen molar-refractivity contribution in [2.24, 2.45) is 4.99 Å². The third-order valence-corrected chi connectivity index (χ3v) is 1.57. The molecule has 6 heteroatoms. The molecule has 0 rings (SSSR count). The lowest BCUT2D eigenvalue weighted by molar-refractivity contribution is -0.0392. The second-order valence-corrected chi connectivity index (χ2v) is 2.69. The summed E-state index contributed by atoms with van der Waals surface area (Å²) in [6.07, 6.45) is 0.982. The summed E-state index contributed by atoms with van der Waals surface area (Å²) in [5.74, 6) is 0. The lowest BCUT2D eigenvalue weighted by Crippen LogP contribution is -2.43. The van der Waals surface area contributed by atoms with Crippen molar-refractivity contribution in [2.75, 3.05) is 19.6 Å². The van der Waals surface area contributed by atoms with Crippen molar-refractivity contribution in [1.82, 2.24) is 10.6 Å². The Bertz CT molecular complexity index is 144. The van der Waals surface area contributed by atoms with Crippen LogP contribution in [0.15, 0.2) is 4.99 Å². The number of hydrogen-bond donors (Lipinski definition) is 4. The van der Waals surface area contributed by atoms with E-state index in [0.717, 1.165) is 0 Å². The van der Waals surface area contributed by atoms with E-state index in [1.54, 1.807) is 13.3 Å². The molecule has 0 aliphatic rings. The molecule has 0 aromatic heterocycles. The first-order chi connectivity index (χ1) is 6.20. The number of rotatable bonds is 7. The summed E-state index contributed by atoms with van der Waals surface area (Å²) >= 11 is 5.34. The Morgan fingerprint density at radius 1 is 1.54 bits per heavy atom.